The Morgan fingerprint density at radius 1 is 1.50 bits per heavy atom. The fourth-order valence-electron chi connectivity index (χ4n) is 2.96. The second-order valence-electron chi connectivity index (χ2n) is 5.41. The van der Waals surface area contributed by atoms with E-state index in [4.69, 9.17) is 5.73 Å². The first kappa shape index (κ1) is 14.8. The Balaban J connectivity index is 2.44. The number of piperidine rings is 1. The SMILES string of the molecule is CNC(=O)C1CCCCN1c1nc(C)cc(C)c1CN. The van der Waals surface area contributed by atoms with Crippen molar-refractivity contribution < 1.29 is 4.79 Å². The first-order chi connectivity index (χ1) is 9.58. The molecule has 0 spiro atoms. The summed E-state index contributed by atoms with van der Waals surface area (Å²) in [6.45, 7) is 5.35. The number of aryl methyl sites for hydroxylation is 2. The standard InChI is InChI=1S/C15H24N4O/c1-10-8-11(2)18-14(12(10)9-16)19-7-5-4-6-13(19)15(20)17-3/h8,13H,4-7,9,16H2,1-3H3,(H,17,20). The predicted octanol–water partition coefficient (Wildman–Crippen LogP) is 1.26. The van der Waals surface area contributed by atoms with Crippen LogP contribution in [0.4, 0.5) is 5.82 Å². The molecule has 1 aliphatic rings. The fraction of sp³-hybridized carbons (Fsp3) is 0.600. The maximum absolute atomic E-state index is 12.1. The number of anilines is 1. The molecule has 2 rings (SSSR count). The van der Waals surface area contributed by atoms with Gasteiger partial charge in [0.25, 0.3) is 0 Å². The molecule has 1 saturated heterocycles. The number of carbonyl (C=O) groups excluding carboxylic acids is 1. The van der Waals surface area contributed by atoms with Crippen LogP contribution in [0.15, 0.2) is 6.07 Å². The predicted molar refractivity (Wildman–Crippen MR) is 80.7 cm³/mol. The summed E-state index contributed by atoms with van der Waals surface area (Å²) in [6, 6.07) is 1.91. The van der Waals surface area contributed by atoms with Crippen LogP contribution in [0.5, 0.6) is 0 Å². The van der Waals surface area contributed by atoms with Gasteiger partial charge in [0.1, 0.15) is 11.9 Å². The van der Waals surface area contributed by atoms with Crippen LogP contribution >= 0.6 is 0 Å². The van der Waals surface area contributed by atoms with Crippen LogP contribution in [0.3, 0.4) is 0 Å². The lowest BCUT2D eigenvalue weighted by atomic mass is 9.99. The average molecular weight is 276 g/mol. The van der Waals surface area contributed by atoms with Gasteiger partial charge in [-0.25, -0.2) is 4.98 Å². The first-order valence-corrected chi connectivity index (χ1v) is 7.24. The molecule has 0 radical (unpaired) electrons. The zero-order valence-corrected chi connectivity index (χ0v) is 12.6. The van der Waals surface area contributed by atoms with Crippen molar-refractivity contribution in [2.24, 2.45) is 5.73 Å². The second-order valence-corrected chi connectivity index (χ2v) is 5.41. The number of pyridine rings is 1. The summed E-state index contributed by atoms with van der Waals surface area (Å²) in [5.41, 5.74) is 9.06. The van der Waals surface area contributed by atoms with Gasteiger partial charge in [-0.15, -0.1) is 0 Å². The molecule has 5 nitrogen and oxygen atoms in total. The smallest absolute Gasteiger partial charge is 0.242 e. The van der Waals surface area contributed by atoms with E-state index in [1.54, 1.807) is 7.05 Å². The molecule has 1 aromatic rings. The fourth-order valence-corrected chi connectivity index (χ4v) is 2.96. The van der Waals surface area contributed by atoms with Crippen molar-refractivity contribution >= 4 is 11.7 Å². The topological polar surface area (TPSA) is 71.2 Å². The number of nitrogens with zero attached hydrogens (tertiary/aromatic N) is 2. The van der Waals surface area contributed by atoms with E-state index in [2.05, 4.69) is 22.1 Å². The molecule has 110 valence electrons. The highest BCUT2D eigenvalue weighted by molar-refractivity contribution is 5.85. The van der Waals surface area contributed by atoms with E-state index in [0.29, 0.717) is 6.54 Å². The number of nitrogens with two attached hydrogens (primary N) is 1. The van der Waals surface area contributed by atoms with Crippen LogP contribution in [0.25, 0.3) is 0 Å². The third kappa shape index (κ3) is 2.77. The lowest BCUT2D eigenvalue weighted by Crippen LogP contribution is -2.49. The van der Waals surface area contributed by atoms with E-state index in [9.17, 15) is 4.79 Å². The van der Waals surface area contributed by atoms with Crippen molar-refractivity contribution in [3.05, 3.63) is 22.9 Å². The zero-order chi connectivity index (χ0) is 14.7. The summed E-state index contributed by atoms with van der Waals surface area (Å²) in [7, 11) is 1.69. The molecule has 20 heavy (non-hydrogen) atoms. The molecule has 1 aliphatic heterocycles. The van der Waals surface area contributed by atoms with E-state index < -0.39 is 0 Å². The van der Waals surface area contributed by atoms with Crippen LogP contribution in [0, 0.1) is 13.8 Å². The summed E-state index contributed by atoms with van der Waals surface area (Å²) in [4.78, 5) is 18.9. The van der Waals surface area contributed by atoms with Gasteiger partial charge in [0.15, 0.2) is 0 Å². The molecule has 1 amide bonds. The van der Waals surface area contributed by atoms with E-state index in [1.807, 2.05) is 13.0 Å². The van der Waals surface area contributed by atoms with Crippen molar-refractivity contribution in [2.75, 3.05) is 18.5 Å². The molecule has 1 unspecified atom stereocenters. The molecule has 0 aliphatic carbocycles. The van der Waals surface area contributed by atoms with Crippen molar-refractivity contribution in [3.63, 3.8) is 0 Å². The molecule has 1 fully saturated rings. The lowest BCUT2D eigenvalue weighted by molar-refractivity contribution is -0.122. The maximum atomic E-state index is 12.1. The summed E-state index contributed by atoms with van der Waals surface area (Å²) in [5.74, 6) is 0.951. The van der Waals surface area contributed by atoms with E-state index in [-0.39, 0.29) is 11.9 Å². The number of hydrogen-bond acceptors (Lipinski definition) is 4. The van der Waals surface area contributed by atoms with Crippen LogP contribution in [-0.4, -0.2) is 30.5 Å². The molecule has 0 aromatic carbocycles. The van der Waals surface area contributed by atoms with Gasteiger partial charge in [-0.2, -0.15) is 0 Å². The molecule has 5 heteroatoms. The van der Waals surface area contributed by atoms with Crippen LogP contribution in [0.1, 0.15) is 36.1 Å². The molecule has 0 saturated carbocycles. The number of likely N-dealkylation sites (N-methyl/N-ethyl adjacent to an activating group) is 1. The molecule has 1 atom stereocenters. The van der Waals surface area contributed by atoms with Crippen molar-refractivity contribution in [3.8, 4) is 0 Å². The van der Waals surface area contributed by atoms with Gasteiger partial charge < -0.3 is 16.0 Å². The van der Waals surface area contributed by atoms with Crippen LogP contribution in [0.2, 0.25) is 0 Å². The summed E-state index contributed by atoms with van der Waals surface area (Å²) in [6.07, 6.45) is 3.04. The third-order valence-electron chi connectivity index (χ3n) is 3.98. The lowest BCUT2D eigenvalue weighted by Gasteiger charge is -2.36. The molecular formula is C15H24N4O. The number of aromatic nitrogens is 1. The minimum absolute atomic E-state index is 0.0635. The van der Waals surface area contributed by atoms with Gasteiger partial charge in [0, 0.05) is 31.4 Å². The van der Waals surface area contributed by atoms with Crippen molar-refractivity contribution in [1.82, 2.24) is 10.3 Å². The Morgan fingerprint density at radius 2 is 2.25 bits per heavy atom. The van der Waals surface area contributed by atoms with E-state index in [1.165, 1.54) is 0 Å². The van der Waals surface area contributed by atoms with Crippen LogP contribution < -0.4 is 16.0 Å². The van der Waals surface area contributed by atoms with Gasteiger partial charge in [-0.3, -0.25) is 4.79 Å². The Hall–Kier alpha value is -1.62. The number of carbonyl (C=O) groups is 1. The summed E-state index contributed by atoms with van der Waals surface area (Å²) < 4.78 is 0. The Morgan fingerprint density at radius 3 is 2.90 bits per heavy atom. The number of amides is 1. The molecule has 2 heterocycles. The summed E-state index contributed by atoms with van der Waals surface area (Å²) in [5, 5.41) is 2.76. The Labute approximate surface area is 120 Å². The van der Waals surface area contributed by atoms with Crippen molar-refractivity contribution in [1.29, 1.82) is 0 Å². The normalized spacial score (nSPS) is 19.0. The molecule has 0 bridgehead atoms. The molecule has 1 aromatic heterocycles. The Bertz CT molecular complexity index is 501. The average Bonchev–Trinajstić information content (AvgIpc) is 2.45. The van der Waals surface area contributed by atoms with Gasteiger partial charge in [0.2, 0.25) is 5.91 Å². The highest BCUT2D eigenvalue weighted by Gasteiger charge is 2.30. The van der Waals surface area contributed by atoms with Gasteiger partial charge in [-0.1, -0.05) is 0 Å². The number of hydrogen-bond donors (Lipinski definition) is 2. The largest absolute Gasteiger partial charge is 0.357 e. The van der Waals surface area contributed by atoms with E-state index in [0.717, 1.165) is 48.4 Å². The molecular weight excluding hydrogens is 252 g/mol. The first-order valence-electron chi connectivity index (χ1n) is 7.24. The molecule has 3 N–H and O–H groups in total. The van der Waals surface area contributed by atoms with E-state index >= 15 is 0 Å². The highest BCUT2D eigenvalue weighted by Crippen LogP contribution is 2.28. The summed E-state index contributed by atoms with van der Waals surface area (Å²) >= 11 is 0. The van der Waals surface area contributed by atoms with Gasteiger partial charge in [-0.05, 0) is 44.7 Å². The van der Waals surface area contributed by atoms with Gasteiger partial charge >= 0.3 is 0 Å². The minimum Gasteiger partial charge on any atom is -0.357 e. The Kier molecular flexibility index (Phi) is 4.60. The monoisotopic (exact) mass is 276 g/mol. The van der Waals surface area contributed by atoms with Crippen molar-refractivity contribution in [2.45, 2.75) is 45.7 Å². The second kappa shape index (κ2) is 6.22. The number of nitrogens with one attached hydrogen (secondary N) is 1. The zero-order valence-electron chi connectivity index (χ0n) is 12.6. The minimum atomic E-state index is -0.132. The number of rotatable bonds is 3. The maximum Gasteiger partial charge on any atom is 0.242 e. The quantitative estimate of drug-likeness (QED) is 0.872. The highest BCUT2D eigenvalue weighted by atomic mass is 16.2. The third-order valence-corrected chi connectivity index (χ3v) is 3.98. The van der Waals surface area contributed by atoms with Crippen LogP contribution in [-0.2, 0) is 11.3 Å². The van der Waals surface area contributed by atoms with Gasteiger partial charge in [0.05, 0.1) is 0 Å².